The highest BCUT2D eigenvalue weighted by molar-refractivity contribution is 7.80. The van der Waals surface area contributed by atoms with E-state index in [4.69, 9.17) is 18.0 Å². The van der Waals surface area contributed by atoms with Gasteiger partial charge in [0.2, 0.25) is 0 Å². The summed E-state index contributed by atoms with van der Waals surface area (Å²) in [6, 6.07) is 19.4. The summed E-state index contributed by atoms with van der Waals surface area (Å²) in [6.07, 6.45) is -2.49. The molecule has 4 rings (SSSR count). The molecule has 1 saturated carbocycles. The van der Waals surface area contributed by atoms with Crippen LogP contribution >= 0.6 is 12.2 Å². The molecular formula is C27H26F3N5OS. The Hall–Kier alpha value is -3.92. The van der Waals surface area contributed by atoms with Crippen molar-refractivity contribution in [2.45, 2.75) is 38.6 Å². The van der Waals surface area contributed by atoms with Crippen molar-refractivity contribution in [2.75, 3.05) is 5.32 Å². The molecule has 3 aromatic rings. The summed E-state index contributed by atoms with van der Waals surface area (Å²) >= 11 is 5.51. The number of rotatable bonds is 7. The molecule has 2 unspecified atom stereocenters. The smallest absolute Gasteiger partial charge is 0.406 e. The Morgan fingerprint density at radius 3 is 2.30 bits per heavy atom. The van der Waals surface area contributed by atoms with Crippen molar-refractivity contribution in [3.63, 3.8) is 0 Å². The number of aryl methyl sites for hydroxylation is 2. The van der Waals surface area contributed by atoms with Crippen LogP contribution in [0.25, 0.3) is 0 Å². The minimum atomic E-state index is -4.74. The van der Waals surface area contributed by atoms with Gasteiger partial charge in [-0.2, -0.15) is 0 Å². The SMILES string of the molecule is Cc1cccc(C)c1NC(=S)NC1CC1c1ccc(C(N)=NC=Nc2ccc(OC(F)(F)F)cc2)cc1. The number of anilines is 1. The van der Waals surface area contributed by atoms with Crippen molar-refractivity contribution < 1.29 is 17.9 Å². The number of para-hydroxylation sites is 1. The predicted octanol–water partition coefficient (Wildman–Crippen LogP) is 6.11. The van der Waals surface area contributed by atoms with Gasteiger partial charge in [-0.1, -0.05) is 42.5 Å². The summed E-state index contributed by atoms with van der Waals surface area (Å²) < 4.78 is 40.6. The van der Waals surface area contributed by atoms with Gasteiger partial charge in [0, 0.05) is 23.2 Å². The molecule has 2 atom stereocenters. The summed E-state index contributed by atoms with van der Waals surface area (Å²) in [5.41, 5.74) is 11.7. The Kier molecular flexibility index (Phi) is 7.77. The maximum absolute atomic E-state index is 12.2. The van der Waals surface area contributed by atoms with Gasteiger partial charge in [-0.05, 0) is 73.4 Å². The highest BCUT2D eigenvalue weighted by Gasteiger charge is 2.38. The average molecular weight is 526 g/mol. The van der Waals surface area contributed by atoms with Crippen LogP contribution in [0.4, 0.5) is 24.5 Å². The summed E-state index contributed by atoms with van der Waals surface area (Å²) in [6.45, 7) is 4.10. The molecule has 0 bridgehead atoms. The Morgan fingerprint density at radius 1 is 1.03 bits per heavy atom. The fraction of sp³-hybridized carbons (Fsp3) is 0.222. The molecule has 37 heavy (non-hydrogen) atoms. The Balaban J connectivity index is 1.29. The van der Waals surface area contributed by atoms with Crippen LogP contribution in [0.1, 0.15) is 34.6 Å². The largest absolute Gasteiger partial charge is 0.573 e. The van der Waals surface area contributed by atoms with Gasteiger partial charge in [-0.3, -0.25) is 0 Å². The molecular weight excluding hydrogens is 499 g/mol. The van der Waals surface area contributed by atoms with Crippen molar-refractivity contribution >= 4 is 40.9 Å². The van der Waals surface area contributed by atoms with E-state index >= 15 is 0 Å². The number of nitrogens with one attached hydrogen (secondary N) is 2. The lowest BCUT2D eigenvalue weighted by molar-refractivity contribution is -0.274. The van der Waals surface area contributed by atoms with Crippen molar-refractivity contribution in [3.05, 3.63) is 89.0 Å². The number of hydrogen-bond acceptors (Lipinski definition) is 3. The molecule has 1 aliphatic rings. The molecule has 3 aromatic carbocycles. The van der Waals surface area contributed by atoms with Crippen molar-refractivity contribution in [1.82, 2.24) is 5.32 Å². The first-order valence-electron chi connectivity index (χ1n) is 11.5. The van der Waals surface area contributed by atoms with Crippen LogP contribution in [0.15, 0.2) is 76.7 Å². The molecule has 0 amide bonds. The predicted molar refractivity (Wildman–Crippen MR) is 145 cm³/mol. The lowest BCUT2D eigenvalue weighted by atomic mass is 10.1. The summed E-state index contributed by atoms with van der Waals surface area (Å²) in [5.74, 6) is 0.315. The van der Waals surface area contributed by atoms with Gasteiger partial charge >= 0.3 is 6.36 Å². The maximum atomic E-state index is 12.2. The zero-order valence-corrected chi connectivity index (χ0v) is 21.0. The number of amidine groups is 1. The molecule has 6 nitrogen and oxygen atoms in total. The van der Waals surface area contributed by atoms with E-state index in [1.807, 2.05) is 30.3 Å². The normalized spacial score (nSPS) is 17.5. The van der Waals surface area contributed by atoms with Crippen molar-refractivity contribution in [1.29, 1.82) is 0 Å². The van der Waals surface area contributed by atoms with Crippen LogP contribution in [-0.2, 0) is 0 Å². The molecule has 0 aliphatic heterocycles. The summed E-state index contributed by atoms with van der Waals surface area (Å²) in [7, 11) is 0. The van der Waals surface area contributed by atoms with E-state index in [0.29, 0.717) is 16.7 Å². The third-order valence-corrected chi connectivity index (χ3v) is 6.16. The van der Waals surface area contributed by atoms with E-state index in [9.17, 15) is 13.2 Å². The quantitative estimate of drug-likeness (QED) is 0.197. The van der Waals surface area contributed by atoms with Crippen LogP contribution in [0, 0.1) is 13.8 Å². The van der Waals surface area contributed by atoms with Crippen molar-refractivity contribution in [2.24, 2.45) is 15.7 Å². The fourth-order valence-electron chi connectivity index (χ4n) is 3.92. The molecule has 1 fully saturated rings. The van der Waals surface area contributed by atoms with E-state index in [1.165, 1.54) is 36.2 Å². The molecule has 10 heteroatoms. The molecule has 4 N–H and O–H groups in total. The van der Waals surface area contributed by atoms with Crippen LogP contribution in [-0.4, -0.2) is 29.7 Å². The topological polar surface area (TPSA) is 84.0 Å². The number of alkyl halides is 3. The molecule has 1 aliphatic carbocycles. The Labute approximate surface area is 218 Å². The van der Waals surface area contributed by atoms with E-state index < -0.39 is 6.36 Å². The van der Waals surface area contributed by atoms with E-state index in [2.05, 4.69) is 51.3 Å². The van der Waals surface area contributed by atoms with Gasteiger partial charge in [0.05, 0.1) is 5.69 Å². The number of thiocarbonyl (C=S) groups is 1. The van der Waals surface area contributed by atoms with Gasteiger partial charge in [-0.25, -0.2) is 9.98 Å². The minimum Gasteiger partial charge on any atom is -0.406 e. The number of hydrogen-bond donors (Lipinski definition) is 3. The first kappa shape index (κ1) is 26.2. The first-order valence-corrected chi connectivity index (χ1v) is 12.0. The fourth-order valence-corrected chi connectivity index (χ4v) is 4.17. The number of benzene rings is 3. The monoisotopic (exact) mass is 525 g/mol. The molecule has 0 saturated heterocycles. The number of ether oxygens (including phenoxy) is 1. The van der Waals surface area contributed by atoms with E-state index in [0.717, 1.165) is 28.8 Å². The minimum absolute atomic E-state index is 0.265. The first-order chi connectivity index (χ1) is 17.6. The standard InChI is InChI=1S/C27H26F3N5OS/c1-16-4-3-5-17(2)24(16)35-26(37)34-23-14-22(23)18-6-8-19(9-7-18)25(31)33-15-32-20-10-12-21(13-11-20)36-27(28,29)30/h3-13,15,22-23H,14H2,1-2H3,(H2,31,32,33)(H2,34,35,37). The highest BCUT2D eigenvalue weighted by atomic mass is 32.1. The van der Waals surface area contributed by atoms with Crippen LogP contribution in [0.5, 0.6) is 5.75 Å². The van der Waals surface area contributed by atoms with E-state index in [-0.39, 0.29) is 17.6 Å². The highest BCUT2D eigenvalue weighted by Crippen LogP contribution is 2.41. The number of nitrogens with zero attached hydrogens (tertiary/aromatic N) is 2. The molecule has 0 radical (unpaired) electrons. The van der Waals surface area contributed by atoms with Gasteiger partial charge in [0.25, 0.3) is 0 Å². The lowest BCUT2D eigenvalue weighted by Crippen LogP contribution is -2.31. The maximum Gasteiger partial charge on any atom is 0.573 e. The molecule has 0 aromatic heterocycles. The zero-order valence-electron chi connectivity index (χ0n) is 20.2. The van der Waals surface area contributed by atoms with Gasteiger partial charge in [-0.15, -0.1) is 13.2 Å². The molecule has 0 spiro atoms. The third kappa shape index (κ3) is 7.29. The second kappa shape index (κ2) is 11.0. The second-order valence-corrected chi connectivity index (χ2v) is 9.14. The Bertz CT molecular complexity index is 1300. The van der Waals surface area contributed by atoms with Gasteiger partial charge in [0.1, 0.15) is 17.9 Å². The summed E-state index contributed by atoms with van der Waals surface area (Å²) in [5, 5.41) is 7.32. The zero-order chi connectivity index (χ0) is 26.6. The van der Waals surface area contributed by atoms with Crippen LogP contribution < -0.4 is 21.1 Å². The number of halogens is 3. The third-order valence-electron chi connectivity index (χ3n) is 5.94. The van der Waals surface area contributed by atoms with Crippen LogP contribution in [0.3, 0.4) is 0 Å². The van der Waals surface area contributed by atoms with Gasteiger partial charge in [0.15, 0.2) is 5.11 Å². The lowest BCUT2D eigenvalue weighted by Gasteiger charge is -2.14. The van der Waals surface area contributed by atoms with Gasteiger partial charge < -0.3 is 21.1 Å². The van der Waals surface area contributed by atoms with Crippen molar-refractivity contribution in [3.8, 4) is 5.75 Å². The molecule has 0 heterocycles. The second-order valence-electron chi connectivity index (χ2n) is 8.74. The number of aliphatic imine (C=N–C) groups is 2. The van der Waals surface area contributed by atoms with Crippen LogP contribution in [0.2, 0.25) is 0 Å². The van der Waals surface area contributed by atoms with E-state index in [1.54, 1.807) is 0 Å². The number of nitrogens with two attached hydrogens (primary N) is 1. The molecule has 192 valence electrons. The Morgan fingerprint density at radius 2 is 1.68 bits per heavy atom. The summed E-state index contributed by atoms with van der Waals surface area (Å²) in [4.78, 5) is 8.21. The average Bonchev–Trinajstić information content (AvgIpc) is 3.60.